The molecule has 0 radical (unpaired) electrons. The van der Waals surface area contributed by atoms with Crippen molar-refractivity contribution in [3.8, 4) is 0 Å². The topological polar surface area (TPSA) is 99.0 Å². The summed E-state index contributed by atoms with van der Waals surface area (Å²) in [5, 5.41) is 29.5. The third kappa shape index (κ3) is 5.41. The molecule has 0 aromatic rings. The lowest BCUT2D eigenvalue weighted by Crippen LogP contribution is -2.56. The van der Waals surface area contributed by atoms with Crippen molar-refractivity contribution in [3.63, 3.8) is 0 Å². The molecule has 6 heteroatoms. The molecule has 0 aromatic carbocycles. The Kier molecular flexibility index (Phi) is 5.88. The van der Waals surface area contributed by atoms with Crippen LogP contribution in [0.25, 0.3) is 0 Å². The second kappa shape index (κ2) is 6.15. The Labute approximate surface area is 95.2 Å². The van der Waals surface area contributed by atoms with Crippen molar-refractivity contribution in [2.24, 2.45) is 0 Å². The molecule has 0 aliphatic heterocycles. The third-order valence-corrected chi connectivity index (χ3v) is 1.94. The molecule has 0 saturated carbocycles. The Hall–Kier alpha value is -0.690. The molecule has 0 atom stereocenters. The van der Waals surface area contributed by atoms with Crippen LogP contribution in [0.15, 0.2) is 0 Å². The average Bonchev–Trinajstić information content (AvgIpc) is 2.18. The van der Waals surface area contributed by atoms with E-state index in [1.54, 1.807) is 20.8 Å². The summed E-state index contributed by atoms with van der Waals surface area (Å²) in [7, 11) is 0. The zero-order valence-electron chi connectivity index (χ0n) is 9.99. The Morgan fingerprint density at radius 3 is 1.88 bits per heavy atom. The smallest absolute Gasteiger partial charge is 0.320 e. The molecular formula is C10H21NO5. The summed E-state index contributed by atoms with van der Waals surface area (Å²) in [6, 6.07) is 0. The fourth-order valence-electron chi connectivity index (χ4n) is 0.955. The van der Waals surface area contributed by atoms with Gasteiger partial charge in [0, 0.05) is 0 Å². The summed E-state index contributed by atoms with van der Waals surface area (Å²) in [4.78, 5) is 11.3. The normalized spacial score (nSPS) is 12.6. The van der Waals surface area contributed by atoms with E-state index in [4.69, 9.17) is 20.1 Å². The molecule has 0 heterocycles. The van der Waals surface area contributed by atoms with E-state index < -0.39 is 36.9 Å². The first-order chi connectivity index (χ1) is 7.28. The van der Waals surface area contributed by atoms with E-state index in [0.29, 0.717) is 0 Å². The van der Waals surface area contributed by atoms with Crippen LogP contribution in [0.2, 0.25) is 0 Å². The van der Waals surface area contributed by atoms with E-state index in [-0.39, 0.29) is 6.54 Å². The van der Waals surface area contributed by atoms with E-state index >= 15 is 0 Å². The molecule has 0 fully saturated rings. The first-order valence-electron chi connectivity index (χ1n) is 5.08. The summed E-state index contributed by atoms with van der Waals surface area (Å²) in [6.07, 6.45) is 0. The van der Waals surface area contributed by atoms with Gasteiger partial charge in [-0.1, -0.05) is 0 Å². The molecule has 96 valence electrons. The zero-order chi connectivity index (χ0) is 12.8. The Balaban J connectivity index is 4.17. The maximum absolute atomic E-state index is 11.3. The number of carbonyl (C=O) groups is 1. The number of aliphatic hydroxyl groups excluding tert-OH is 3. The highest BCUT2D eigenvalue weighted by atomic mass is 16.6. The van der Waals surface area contributed by atoms with Gasteiger partial charge < -0.3 is 20.1 Å². The SMILES string of the molecule is CC(C)(C)OC(=O)CNC(CO)(CO)CO. The predicted molar refractivity (Wildman–Crippen MR) is 57.8 cm³/mol. The number of carbonyl (C=O) groups excluding carboxylic acids is 1. The molecule has 0 aliphatic carbocycles. The van der Waals surface area contributed by atoms with Gasteiger partial charge >= 0.3 is 5.97 Å². The van der Waals surface area contributed by atoms with Crippen LogP contribution in [0.5, 0.6) is 0 Å². The van der Waals surface area contributed by atoms with Gasteiger partial charge in [0.2, 0.25) is 0 Å². The van der Waals surface area contributed by atoms with Crippen LogP contribution in [-0.2, 0) is 9.53 Å². The quantitative estimate of drug-likeness (QED) is 0.424. The van der Waals surface area contributed by atoms with Crippen molar-refractivity contribution in [2.45, 2.75) is 31.9 Å². The van der Waals surface area contributed by atoms with Gasteiger partial charge in [0.1, 0.15) is 5.60 Å². The zero-order valence-corrected chi connectivity index (χ0v) is 9.99. The minimum absolute atomic E-state index is 0.182. The lowest BCUT2D eigenvalue weighted by atomic mass is 10.0. The van der Waals surface area contributed by atoms with E-state index in [1.165, 1.54) is 0 Å². The predicted octanol–water partition coefficient (Wildman–Crippen LogP) is -1.37. The largest absolute Gasteiger partial charge is 0.459 e. The second-order valence-electron chi connectivity index (χ2n) is 4.69. The minimum Gasteiger partial charge on any atom is -0.459 e. The van der Waals surface area contributed by atoms with Gasteiger partial charge in [-0.25, -0.2) is 0 Å². The maximum atomic E-state index is 11.3. The van der Waals surface area contributed by atoms with Crippen molar-refractivity contribution < 1.29 is 24.9 Å². The van der Waals surface area contributed by atoms with Gasteiger partial charge in [0.05, 0.1) is 31.9 Å². The highest BCUT2D eigenvalue weighted by Gasteiger charge is 2.28. The number of hydrogen-bond donors (Lipinski definition) is 4. The molecule has 0 unspecified atom stereocenters. The summed E-state index contributed by atoms with van der Waals surface area (Å²) < 4.78 is 5.02. The third-order valence-electron chi connectivity index (χ3n) is 1.94. The highest BCUT2D eigenvalue weighted by molar-refractivity contribution is 5.72. The molecule has 4 N–H and O–H groups in total. The van der Waals surface area contributed by atoms with E-state index in [0.717, 1.165) is 0 Å². The Morgan fingerprint density at radius 2 is 1.56 bits per heavy atom. The maximum Gasteiger partial charge on any atom is 0.320 e. The number of esters is 1. The molecule has 0 aliphatic rings. The molecule has 0 aromatic heterocycles. The number of nitrogens with one attached hydrogen (secondary N) is 1. The lowest BCUT2D eigenvalue weighted by Gasteiger charge is -2.29. The fourth-order valence-corrected chi connectivity index (χ4v) is 0.955. The van der Waals surface area contributed by atoms with Gasteiger partial charge in [-0.2, -0.15) is 0 Å². The summed E-state index contributed by atoms with van der Waals surface area (Å²) in [6.45, 7) is 3.63. The molecule has 0 bridgehead atoms. The van der Waals surface area contributed by atoms with Gasteiger partial charge in [-0.15, -0.1) is 0 Å². The fraction of sp³-hybridized carbons (Fsp3) is 0.900. The number of aliphatic hydroxyl groups is 3. The monoisotopic (exact) mass is 235 g/mol. The number of hydrogen-bond acceptors (Lipinski definition) is 6. The lowest BCUT2D eigenvalue weighted by molar-refractivity contribution is -0.154. The van der Waals surface area contributed by atoms with Crippen molar-refractivity contribution >= 4 is 5.97 Å². The summed E-state index contributed by atoms with van der Waals surface area (Å²) in [5.41, 5.74) is -1.84. The van der Waals surface area contributed by atoms with E-state index in [1.807, 2.05) is 0 Å². The second-order valence-corrected chi connectivity index (χ2v) is 4.69. The molecule has 0 rings (SSSR count). The van der Waals surface area contributed by atoms with Crippen molar-refractivity contribution in [3.05, 3.63) is 0 Å². The highest BCUT2D eigenvalue weighted by Crippen LogP contribution is 2.07. The van der Waals surface area contributed by atoms with Gasteiger partial charge in [-0.05, 0) is 20.8 Å². The van der Waals surface area contributed by atoms with Crippen LogP contribution in [0.1, 0.15) is 20.8 Å². The van der Waals surface area contributed by atoms with Crippen LogP contribution in [-0.4, -0.2) is 58.8 Å². The molecular weight excluding hydrogens is 214 g/mol. The average molecular weight is 235 g/mol. The van der Waals surface area contributed by atoms with Crippen LogP contribution >= 0.6 is 0 Å². The van der Waals surface area contributed by atoms with E-state index in [9.17, 15) is 4.79 Å². The van der Waals surface area contributed by atoms with E-state index in [2.05, 4.69) is 5.32 Å². The molecule has 0 spiro atoms. The van der Waals surface area contributed by atoms with Gasteiger partial charge in [-0.3, -0.25) is 10.1 Å². The Morgan fingerprint density at radius 1 is 1.12 bits per heavy atom. The number of ether oxygens (including phenoxy) is 1. The van der Waals surface area contributed by atoms with Crippen molar-refractivity contribution in [2.75, 3.05) is 26.4 Å². The van der Waals surface area contributed by atoms with Crippen LogP contribution in [0.3, 0.4) is 0 Å². The van der Waals surface area contributed by atoms with Crippen LogP contribution in [0, 0.1) is 0 Å². The Bertz CT molecular complexity index is 211. The minimum atomic E-state index is -1.25. The van der Waals surface area contributed by atoms with Crippen LogP contribution in [0.4, 0.5) is 0 Å². The summed E-state index contributed by atoms with van der Waals surface area (Å²) in [5.74, 6) is -0.507. The number of rotatable bonds is 6. The van der Waals surface area contributed by atoms with Crippen LogP contribution < -0.4 is 5.32 Å². The standard InChI is InChI=1S/C10H21NO5/c1-9(2,3)16-8(15)4-11-10(5-12,6-13)7-14/h11-14H,4-7H2,1-3H3. The summed E-state index contributed by atoms with van der Waals surface area (Å²) >= 11 is 0. The first-order valence-corrected chi connectivity index (χ1v) is 5.08. The molecule has 16 heavy (non-hydrogen) atoms. The van der Waals surface area contributed by atoms with Crippen molar-refractivity contribution in [1.29, 1.82) is 0 Å². The van der Waals surface area contributed by atoms with Gasteiger partial charge in [0.15, 0.2) is 0 Å². The van der Waals surface area contributed by atoms with Gasteiger partial charge in [0.25, 0.3) is 0 Å². The van der Waals surface area contributed by atoms with Crippen molar-refractivity contribution in [1.82, 2.24) is 5.32 Å². The molecule has 0 saturated heterocycles. The molecule has 0 amide bonds. The first kappa shape index (κ1) is 15.3. The molecule has 6 nitrogen and oxygen atoms in total.